The second kappa shape index (κ2) is 25.5. The van der Waals surface area contributed by atoms with Gasteiger partial charge in [-0.05, 0) is 71.4 Å². The molecular weight excluding hydrogens is 1160 g/mol. The molecule has 0 atom stereocenters. The Morgan fingerprint density at radius 2 is 1.05 bits per heavy atom. The standard InChI is InChI=1S/C30H36F4N8O5.C25H28F4N8O3/c1-6-21-23(39-9-11-40(12-10-39)28(45)47-29(3,4)5)26(44)42-27(37-25(38-42)18-7-13-46-14-8-18)41(21)16-22(43)36-20-15-19(31)24(30(32,33)34)35-17(20)2;1-3-18-20(35-8-6-30-7-9-35)23(39)37-24(33-22(34-37)15-4-10-40-11-5-15)36(18)13-19(38)32-17-12-16(26)21(25(27,28)29)31-14(17)2/h7,15H,6,8-14,16H2,1-5H3,(H,36,43);4,12,30H,3,5-11,13H2,1-2H3,(H,32,38). The lowest BCUT2D eigenvalue weighted by atomic mass is 10.1. The van der Waals surface area contributed by atoms with Gasteiger partial charge in [-0.15, -0.1) is 10.2 Å². The van der Waals surface area contributed by atoms with Crippen LogP contribution in [0.15, 0.2) is 33.9 Å². The number of hydrogen-bond acceptors (Lipinski definition) is 17. The highest BCUT2D eigenvalue weighted by molar-refractivity contribution is 5.92. The van der Waals surface area contributed by atoms with Gasteiger partial charge < -0.3 is 54.0 Å². The molecule has 24 nitrogen and oxygen atoms in total. The first-order chi connectivity index (χ1) is 41.1. The third kappa shape index (κ3) is 13.9. The Hall–Kier alpha value is -8.39. The molecule has 87 heavy (non-hydrogen) atoms. The van der Waals surface area contributed by atoms with E-state index in [2.05, 4.69) is 46.1 Å². The number of amides is 3. The number of hydrogen-bond donors (Lipinski definition) is 3. The zero-order valence-electron chi connectivity index (χ0n) is 48.6. The number of fused-ring (bicyclic) bond motifs is 2. The summed E-state index contributed by atoms with van der Waals surface area (Å²) in [5.41, 5.74) is -2.41. The second-order valence-electron chi connectivity index (χ2n) is 21.7. The van der Waals surface area contributed by atoms with Gasteiger partial charge in [-0.2, -0.15) is 45.3 Å². The van der Waals surface area contributed by atoms with Crippen LogP contribution in [0.25, 0.3) is 22.7 Å². The summed E-state index contributed by atoms with van der Waals surface area (Å²) < 4.78 is 129. The molecule has 4 aliphatic rings. The molecule has 6 aromatic heterocycles. The summed E-state index contributed by atoms with van der Waals surface area (Å²) in [4.78, 5) is 88.3. The van der Waals surface area contributed by atoms with Crippen LogP contribution in [0.4, 0.5) is 62.7 Å². The molecule has 468 valence electrons. The lowest BCUT2D eigenvalue weighted by Gasteiger charge is -2.37. The van der Waals surface area contributed by atoms with E-state index in [0.717, 1.165) is 15.7 Å². The molecular formula is C55H64F8N16O8. The topological polar surface area (TPSA) is 255 Å². The van der Waals surface area contributed by atoms with Gasteiger partial charge in [-0.3, -0.25) is 19.2 Å². The molecule has 4 aliphatic heterocycles. The van der Waals surface area contributed by atoms with E-state index in [1.165, 1.54) is 22.9 Å². The van der Waals surface area contributed by atoms with Gasteiger partial charge in [0, 0.05) is 64.5 Å². The van der Waals surface area contributed by atoms with E-state index in [1.54, 1.807) is 37.2 Å². The molecule has 0 saturated carbocycles. The Labute approximate surface area is 491 Å². The minimum Gasteiger partial charge on any atom is -0.444 e. The Morgan fingerprint density at radius 1 is 0.632 bits per heavy atom. The number of aryl methyl sites for hydroxylation is 2. The number of nitrogens with one attached hydrogen (secondary N) is 3. The predicted octanol–water partition coefficient (Wildman–Crippen LogP) is 5.98. The zero-order chi connectivity index (χ0) is 62.9. The van der Waals surface area contributed by atoms with Gasteiger partial charge in [-0.1, -0.05) is 26.0 Å². The summed E-state index contributed by atoms with van der Waals surface area (Å²) in [7, 11) is 0. The van der Waals surface area contributed by atoms with Crippen LogP contribution in [-0.4, -0.2) is 155 Å². The van der Waals surface area contributed by atoms with Gasteiger partial charge in [-0.25, -0.2) is 23.5 Å². The van der Waals surface area contributed by atoms with Crippen LogP contribution in [0.1, 0.15) is 93.3 Å². The molecule has 0 unspecified atom stereocenters. The number of carbonyl (C=O) groups is 3. The van der Waals surface area contributed by atoms with E-state index in [0.29, 0.717) is 126 Å². The molecule has 3 N–H and O–H groups in total. The van der Waals surface area contributed by atoms with Gasteiger partial charge in [0.15, 0.2) is 34.7 Å². The summed E-state index contributed by atoms with van der Waals surface area (Å²) in [5, 5.41) is 17.1. The number of aromatic nitrogens is 10. The summed E-state index contributed by atoms with van der Waals surface area (Å²) >= 11 is 0. The third-order valence-corrected chi connectivity index (χ3v) is 14.5. The van der Waals surface area contributed by atoms with E-state index in [-0.39, 0.29) is 71.6 Å². The fourth-order valence-corrected chi connectivity index (χ4v) is 10.4. The monoisotopic (exact) mass is 1230 g/mol. The van der Waals surface area contributed by atoms with Gasteiger partial charge in [0.25, 0.3) is 11.1 Å². The first-order valence-corrected chi connectivity index (χ1v) is 28.0. The Morgan fingerprint density at radius 3 is 1.41 bits per heavy atom. The molecule has 10 heterocycles. The predicted molar refractivity (Wildman–Crippen MR) is 300 cm³/mol. The SMILES string of the molecule is CCc1c(N2CCN(C(=O)OC(C)(C)C)CC2)c(=O)n2nc(C3=CCOCC3)nc2n1CC(=O)Nc1cc(F)c(C(F)(F)F)nc1C.CCc1c(N2CCNCC2)c(=O)n2nc(C3=CCOCC3)nc2n1CC(=O)Nc1cc(F)c(C(F)(F)F)nc1C. The average molecular weight is 1230 g/mol. The fourth-order valence-electron chi connectivity index (χ4n) is 10.4. The summed E-state index contributed by atoms with van der Waals surface area (Å²) in [6, 6.07) is 1.18. The number of anilines is 4. The molecule has 0 spiro atoms. The minimum atomic E-state index is -5.00. The van der Waals surface area contributed by atoms with Gasteiger partial charge in [0.2, 0.25) is 23.4 Å². The highest BCUT2D eigenvalue weighted by Crippen LogP contribution is 2.34. The van der Waals surface area contributed by atoms with Crippen molar-refractivity contribution in [2.24, 2.45) is 0 Å². The third-order valence-electron chi connectivity index (χ3n) is 14.5. The molecule has 0 aromatic carbocycles. The molecule has 32 heteroatoms. The molecule has 0 aliphatic carbocycles. The van der Waals surface area contributed by atoms with Gasteiger partial charge in [0.05, 0.1) is 60.6 Å². The molecule has 2 fully saturated rings. The molecule has 0 bridgehead atoms. The lowest BCUT2D eigenvalue weighted by Crippen LogP contribution is -2.51. The van der Waals surface area contributed by atoms with Crippen LogP contribution in [-0.2, 0) is 62.1 Å². The van der Waals surface area contributed by atoms with Crippen LogP contribution in [0, 0.1) is 25.5 Å². The van der Waals surface area contributed by atoms with Crippen molar-refractivity contribution in [3.8, 4) is 0 Å². The largest absolute Gasteiger partial charge is 0.444 e. The molecule has 6 aromatic rings. The maximum absolute atomic E-state index is 14.3. The van der Waals surface area contributed by atoms with Gasteiger partial charge >= 0.3 is 18.4 Å². The number of carbonyl (C=O) groups excluding carboxylic acids is 3. The molecule has 0 radical (unpaired) electrons. The van der Waals surface area contributed by atoms with Crippen LogP contribution < -0.4 is 36.9 Å². The van der Waals surface area contributed by atoms with Crippen molar-refractivity contribution < 1.29 is 63.7 Å². The van der Waals surface area contributed by atoms with Crippen LogP contribution >= 0.6 is 0 Å². The Balaban J connectivity index is 0.000000210. The van der Waals surface area contributed by atoms with Crippen LogP contribution in [0.2, 0.25) is 0 Å². The van der Waals surface area contributed by atoms with E-state index in [4.69, 9.17) is 14.2 Å². The number of rotatable bonds is 12. The number of halogens is 8. The fraction of sp³-hybridized carbons (Fsp3) is 0.509. The highest BCUT2D eigenvalue weighted by atomic mass is 19.4. The number of piperazine rings is 2. The van der Waals surface area contributed by atoms with E-state index in [9.17, 15) is 59.1 Å². The number of ether oxygens (including phenoxy) is 3. The number of pyridine rings is 2. The molecule has 10 rings (SSSR count). The van der Waals surface area contributed by atoms with E-state index < -0.39 is 71.0 Å². The minimum absolute atomic E-state index is 0.0778. The van der Waals surface area contributed by atoms with Gasteiger partial charge in [0.1, 0.15) is 30.1 Å². The van der Waals surface area contributed by atoms with Crippen molar-refractivity contribution in [2.45, 2.75) is 105 Å². The van der Waals surface area contributed by atoms with Crippen molar-refractivity contribution in [3.05, 3.63) is 102 Å². The summed E-state index contributed by atoms with van der Waals surface area (Å²) in [6.07, 6.45) is -5.05. The van der Waals surface area contributed by atoms with Crippen LogP contribution in [0.5, 0.6) is 0 Å². The Bertz CT molecular complexity index is 3810. The second-order valence-corrected chi connectivity index (χ2v) is 21.7. The average Bonchev–Trinajstić information content (AvgIpc) is 1.72. The first-order valence-electron chi connectivity index (χ1n) is 28.0. The highest BCUT2D eigenvalue weighted by Gasteiger charge is 2.39. The van der Waals surface area contributed by atoms with Crippen molar-refractivity contribution >= 4 is 63.4 Å². The first kappa shape index (κ1) is 63.1. The number of nitrogens with zero attached hydrogens (tertiary/aromatic N) is 13. The number of alkyl halides is 6. The van der Waals surface area contributed by atoms with Crippen molar-refractivity contribution in [1.29, 1.82) is 0 Å². The smallest absolute Gasteiger partial charge is 0.436 e. The van der Waals surface area contributed by atoms with E-state index in [1.807, 2.05) is 28.9 Å². The maximum atomic E-state index is 14.3. The maximum Gasteiger partial charge on any atom is 0.436 e. The quantitative estimate of drug-likeness (QED) is 0.119. The van der Waals surface area contributed by atoms with Crippen LogP contribution in [0.3, 0.4) is 0 Å². The zero-order valence-corrected chi connectivity index (χ0v) is 48.6. The summed E-state index contributed by atoms with van der Waals surface area (Å²) in [5.74, 6) is -3.74. The van der Waals surface area contributed by atoms with Crippen molar-refractivity contribution in [3.63, 3.8) is 0 Å². The molecule has 3 amide bonds. The lowest BCUT2D eigenvalue weighted by molar-refractivity contribution is -0.144. The van der Waals surface area contributed by atoms with Crippen molar-refractivity contribution in [2.75, 3.05) is 99.2 Å². The van der Waals surface area contributed by atoms with Crippen molar-refractivity contribution in [1.82, 2.24) is 58.5 Å². The molecule has 2 saturated heterocycles. The summed E-state index contributed by atoms with van der Waals surface area (Å²) in [6.45, 7) is 15.9. The Kier molecular flexibility index (Phi) is 18.5. The normalized spacial score (nSPS) is 16.1. The van der Waals surface area contributed by atoms with E-state index >= 15 is 0 Å².